The predicted molar refractivity (Wildman–Crippen MR) is 86.9 cm³/mol. The summed E-state index contributed by atoms with van der Waals surface area (Å²) in [6.45, 7) is 10.9. The normalized spacial score (nSPS) is 30.4. The Morgan fingerprint density at radius 1 is 1.10 bits per heavy atom. The lowest BCUT2D eigenvalue weighted by molar-refractivity contribution is 0.0478. The fourth-order valence-electron chi connectivity index (χ4n) is 3.79. The quantitative estimate of drug-likeness (QED) is 0.919. The van der Waals surface area contributed by atoms with E-state index in [1.807, 2.05) is 7.05 Å². The van der Waals surface area contributed by atoms with Crippen molar-refractivity contribution in [3.05, 3.63) is 28.8 Å². The van der Waals surface area contributed by atoms with Gasteiger partial charge in [-0.25, -0.2) is 0 Å². The van der Waals surface area contributed by atoms with E-state index in [0.717, 1.165) is 5.75 Å². The maximum absolute atomic E-state index is 6.04. The summed E-state index contributed by atoms with van der Waals surface area (Å²) in [5.74, 6) is 1.99. The summed E-state index contributed by atoms with van der Waals surface area (Å²) < 4.78 is 11.5. The molecular weight excluding hydrogens is 262 g/mol. The minimum atomic E-state index is 0.272. The number of aryl methyl sites for hydroxylation is 2. The zero-order chi connectivity index (χ0) is 15.7. The molecule has 0 aliphatic carbocycles. The number of rotatable bonds is 4. The largest absolute Gasteiger partial charge is 0.496 e. The predicted octanol–water partition coefficient (Wildman–Crippen LogP) is 3.63. The molecule has 1 saturated heterocycles. The van der Waals surface area contributed by atoms with Gasteiger partial charge in [0.1, 0.15) is 5.75 Å². The van der Waals surface area contributed by atoms with Crippen molar-refractivity contribution in [2.75, 3.05) is 14.2 Å². The van der Waals surface area contributed by atoms with Gasteiger partial charge in [-0.15, -0.1) is 0 Å². The minimum Gasteiger partial charge on any atom is -0.496 e. The molecule has 118 valence electrons. The highest BCUT2D eigenvalue weighted by atomic mass is 16.5. The third-order valence-corrected chi connectivity index (χ3v) is 5.13. The fourth-order valence-corrected chi connectivity index (χ4v) is 3.79. The first kappa shape index (κ1) is 16.3. The number of hydrogen-bond donors (Lipinski definition) is 1. The first-order valence-electron chi connectivity index (χ1n) is 7.88. The molecule has 0 aromatic heterocycles. The number of methoxy groups -OCH3 is 1. The second kappa shape index (κ2) is 6.37. The van der Waals surface area contributed by atoms with Gasteiger partial charge in [-0.05, 0) is 63.4 Å². The van der Waals surface area contributed by atoms with E-state index in [-0.39, 0.29) is 6.10 Å². The van der Waals surface area contributed by atoms with Gasteiger partial charge >= 0.3 is 0 Å². The number of hydrogen-bond acceptors (Lipinski definition) is 3. The molecule has 5 unspecified atom stereocenters. The zero-order valence-electron chi connectivity index (χ0n) is 14.4. The Hall–Kier alpha value is -1.06. The smallest absolute Gasteiger partial charge is 0.122 e. The molecule has 0 amide bonds. The van der Waals surface area contributed by atoms with Crippen molar-refractivity contribution in [1.82, 2.24) is 5.32 Å². The van der Waals surface area contributed by atoms with Gasteiger partial charge < -0.3 is 14.8 Å². The van der Waals surface area contributed by atoms with E-state index in [1.54, 1.807) is 7.11 Å². The van der Waals surface area contributed by atoms with Crippen molar-refractivity contribution in [2.24, 2.45) is 11.8 Å². The maximum atomic E-state index is 6.04. The standard InChI is InChI=1S/C18H29NO2/c1-10-9-16(20-7)11(2)8-15(10)18(19-6)17-12(3)13(4)21-14(17)5/h8-9,12-14,17-19H,1-7H3. The Morgan fingerprint density at radius 2 is 1.76 bits per heavy atom. The lowest BCUT2D eigenvalue weighted by Gasteiger charge is -2.30. The Balaban J connectivity index is 2.40. The Bertz CT molecular complexity index is 500. The van der Waals surface area contributed by atoms with Crippen LogP contribution >= 0.6 is 0 Å². The summed E-state index contributed by atoms with van der Waals surface area (Å²) in [6, 6.07) is 4.71. The molecule has 1 heterocycles. The third kappa shape index (κ3) is 2.95. The summed E-state index contributed by atoms with van der Waals surface area (Å²) in [5.41, 5.74) is 3.82. The number of benzene rings is 1. The summed E-state index contributed by atoms with van der Waals surface area (Å²) >= 11 is 0. The molecule has 0 saturated carbocycles. The highest BCUT2D eigenvalue weighted by Gasteiger charge is 2.42. The van der Waals surface area contributed by atoms with E-state index < -0.39 is 0 Å². The lowest BCUT2D eigenvalue weighted by atomic mass is 9.79. The Kier molecular flexibility index (Phi) is 4.95. The highest BCUT2D eigenvalue weighted by molar-refractivity contribution is 5.43. The molecule has 21 heavy (non-hydrogen) atoms. The highest BCUT2D eigenvalue weighted by Crippen LogP contribution is 2.42. The van der Waals surface area contributed by atoms with Gasteiger partial charge in [0.05, 0.1) is 19.3 Å². The van der Waals surface area contributed by atoms with E-state index in [0.29, 0.717) is 24.0 Å². The topological polar surface area (TPSA) is 30.5 Å². The molecule has 2 rings (SSSR count). The number of ether oxygens (including phenoxy) is 2. The van der Waals surface area contributed by atoms with Crippen molar-refractivity contribution >= 4 is 0 Å². The average molecular weight is 291 g/mol. The first-order chi connectivity index (χ1) is 9.90. The van der Waals surface area contributed by atoms with Gasteiger partial charge in [-0.1, -0.05) is 13.0 Å². The SMILES string of the molecule is CNC(c1cc(C)c(OC)cc1C)C1C(C)OC(C)C1C. The van der Waals surface area contributed by atoms with Crippen molar-refractivity contribution in [3.63, 3.8) is 0 Å². The van der Waals surface area contributed by atoms with Gasteiger partial charge in [0.25, 0.3) is 0 Å². The molecule has 5 atom stereocenters. The van der Waals surface area contributed by atoms with Crippen LogP contribution in [0.2, 0.25) is 0 Å². The molecule has 1 aliphatic rings. The van der Waals surface area contributed by atoms with Crippen LogP contribution in [0.4, 0.5) is 0 Å². The van der Waals surface area contributed by atoms with Crippen molar-refractivity contribution in [3.8, 4) is 5.75 Å². The van der Waals surface area contributed by atoms with Crippen LogP contribution in [-0.4, -0.2) is 26.4 Å². The van der Waals surface area contributed by atoms with Crippen LogP contribution < -0.4 is 10.1 Å². The van der Waals surface area contributed by atoms with E-state index >= 15 is 0 Å². The molecule has 1 aliphatic heterocycles. The minimum absolute atomic E-state index is 0.272. The zero-order valence-corrected chi connectivity index (χ0v) is 14.4. The second-order valence-electron chi connectivity index (χ2n) is 6.43. The maximum Gasteiger partial charge on any atom is 0.122 e. The van der Waals surface area contributed by atoms with E-state index in [4.69, 9.17) is 9.47 Å². The third-order valence-electron chi connectivity index (χ3n) is 5.13. The van der Waals surface area contributed by atoms with Crippen LogP contribution in [0.3, 0.4) is 0 Å². The summed E-state index contributed by atoms with van der Waals surface area (Å²) in [4.78, 5) is 0. The molecule has 1 aromatic carbocycles. The molecule has 1 aromatic rings. The Labute approximate surface area is 129 Å². The summed E-state index contributed by atoms with van der Waals surface area (Å²) in [7, 11) is 3.78. The molecule has 0 radical (unpaired) electrons. The molecule has 0 spiro atoms. The van der Waals surface area contributed by atoms with Crippen LogP contribution in [0.1, 0.15) is 43.5 Å². The molecule has 3 nitrogen and oxygen atoms in total. The molecule has 0 bridgehead atoms. The summed E-state index contributed by atoms with van der Waals surface area (Å²) in [5, 5.41) is 3.53. The average Bonchev–Trinajstić information content (AvgIpc) is 2.69. The van der Waals surface area contributed by atoms with Gasteiger partial charge in [-0.3, -0.25) is 0 Å². The van der Waals surface area contributed by atoms with Gasteiger partial charge in [-0.2, -0.15) is 0 Å². The monoisotopic (exact) mass is 291 g/mol. The van der Waals surface area contributed by atoms with Gasteiger partial charge in [0.15, 0.2) is 0 Å². The van der Waals surface area contributed by atoms with E-state index in [1.165, 1.54) is 16.7 Å². The molecule has 3 heteroatoms. The van der Waals surface area contributed by atoms with Crippen LogP contribution in [0.25, 0.3) is 0 Å². The van der Waals surface area contributed by atoms with E-state index in [9.17, 15) is 0 Å². The van der Waals surface area contributed by atoms with Gasteiger partial charge in [0, 0.05) is 12.0 Å². The first-order valence-corrected chi connectivity index (χ1v) is 7.88. The van der Waals surface area contributed by atoms with Crippen molar-refractivity contribution < 1.29 is 9.47 Å². The van der Waals surface area contributed by atoms with Gasteiger partial charge in [0.2, 0.25) is 0 Å². The summed E-state index contributed by atoms with van der Waals surface area (Å²) in [6.07, 6.45) is 0.592. The second-order valence-corrected chi connectivity index (χ2v) is 6.43. The Morgan fingerprint density at radius 3 is 2.24 bits per heavy atom. The van der Waals surface area contributed by atoms with E-state index in [2.05, 4.69) is 52.1 Å². The van der Waals surface area contributed by atoms with Crippen LogP contribution in [0.5, 0.6) is 5.75 Å². The lowest BCUT2D eigenvalue weighted by Crippen LogP contribution is -2.33. The molecule has 1 N–H and O–H groups in total. The molecular formula is C18H29NO2. The van der Waals surface area contributed by atoms with Crippen LogP contribution in [-0.2, 0) is 4.74 Å². The van der Waals surface area contributed by atoms with Crippen LogP contribution in [0.15, 0.2) is 12.1 Å². The van der Waals surface area contributed by atoms with Crippen molar-refractivity contribution in [2.45, 2.75) is 52.9 Å². The van der Waals surface area contributed by atoms with Crippen LogP contribution in [0, 0.1) is 25.7 Å². The van der Waals surface area contributed by atoms with Crippen molar-refractivity contribution in [1.29, 1.82) is 0 Å². The molecule has 1 fully saturated rings. The fraction of sp³-hybridized carbons (Fsp3) is 0.667. The number of nitrogens with one attached hydrogen (secondary N) is 1.